The van der Waals surface area contributed by atoms with Crippen LogP contribution in [-0.4, -0.2) is 25.5 Å². The minimum absolute atomic E-state index is 0.320. The van der Waals surface area contributed by atoms with E-state index < -0.39 is 4.92 Å². The van der Waals surface area contributed by atoms with Gasteiger partial charge >= 0.3 is 5.88 Å². The fourth-order valence-electron chi connectivity index (χ4n) is 2.34. The van der Waals surface area contributed by atoms with Gasteiger partial charge in [0.2, 0.25) is 5.16 Å². The summed E-state index contributed by atoms with van der Waals surface area (Å²) in [4.78, 5) is 11.1. The fourth-order valence-corrected chi connectivity index (χ4v) is 3.31. The number of hydrogen-bond donors (Lipinski definition) is 0. The van der Waals surface area contributed by atoms with Crippen molar-refractivity contribution in [3.05, 3.63) is 74.6 Å². The number of furan rings is 1. The van der Waals surface area contributed by atoms with Gasteiger partial charge in [0, 0.05) is 4.91 Å². The first-order valence-electron chi connectivity index (χ1n) is 7.32. The van der Waals surface area contributed by atoms with Crippen molar-refractivity contribution in [1.82, 2.24) is 14.9 Å². The topological polar surface area (TPSA) is 99.3 Å². The van der Waals surface area contributed by atoms with Crippen molar-refractivity contribution < 1.29 is 9.34 Å². The lowest BCUT2D eigenvalue weighted by Crippen LogP contribution is -2.12. The molecule has 1 aliphatic heterocycles. The van der Waals surface area contributed by atoms with Gasteiger partial charge in [0.25, 0.3) is 0 Å². The van der Waals surface area contributed by atoms with Gasteiger partial charge in [-0.3, -0.25) is 10.1 Å². The molecule has 3 heterocycles. The number of benzene rings is 1. The summed E-state index contributed by atoms with van der Waals surface area (Å²) in [6.45, 7) is 1.79. The summed E-state index contributed by atoms with van der Waals surface area (Å²) in [5, 5.41) is 24.2. The molecule has 0 spiro atoms. The van der Waals surface area contributed by atoms with Gasteiger partial charge in [0.05, 0.1) is 6.07 Å². The van der Waals surface area contributed by atoms with Crippen LogP contribution < -0.4 is 0 Å². The Morgan fingerprint density at radius 3 is 2.72 bits per heavy atom. The molecule has 124 valence electrons. The molecule has 0 radical (unpaired) electrons. The molecule has 1 aromatic carbocycles. The number of nitro groups is 1. The minimum Gasteiger partial charge on any atom is -0.399 e. The predicted molar refractivity (Wildman–Crippen MR) is 92.3 cm³/mol. The maximum Gasteiger partial charge on any atom is 0.433 e. The summed E-state index contributed by atoms with van der Waals surface area (Å²) in [7, 11) is 0. The lowest BCUT2D eigenvalue weighted by molar-refractivity contribution is -0.402. The molecule has 0 N–H and O–H groups in total. The Bertz CT molecular complexity index is 1020. The highest BCUT2D eigenvalue weighted by molar-refractivity contribution is 8.04. The number of nitrogens with zero attached hydrogens (tertiary/aromatic N) is 5. The molecule has 0 saturated carbocycles. The van der Waals surface area contributed by atoms with Crippen molar-refractivity contribution in [2.45, 2.75) is 12.1 Å². The molecule has 0 fully saturated rings. The Hall–Kier alpha value is -3.20. The summed E-state index contributed by atoms with van der Waals surface area (Å²) in [6, 6.07) is 12.6. The number of fused-ring (bicyclic) bond motifs is 1. The number of allylic oxidation sites excluding steroid dienone is 1. The van der Waals surface area contributed by atoms with Gasteiger partial charge < -0.3 is 4.42 Å². The van der Waals surface area contributed by atoms with E-state index in [1.54, 1.807) is 17.7 Å². The minimum atomic E-state index is -0.573. The molecule has 25 heavy (non-hydrogen) atoms. The number of rotatable bonds is 3. The van der Waals surface area contributed by atoms with Crippen molar-refractivity contribution in [2.24, 2.45) is 5.10 Å². The number of thioether (sulfide) groups is 1. The van der Waals surface area contributed by atoms with Crippen LogP contribution in [-0.2, 0) is 0 Å². The van der Waals surface area contributed by atoms with E-state index in [1.807, 2.05) is 36.4 Å². The highest BCUT2D eigenvalue weighted by atomic mass is 32.2. The summed E-state index contributed by atoms with van der Waals surface area (Å²) in [5.74, 6) is 0.619. The third-order valence-electron chi connectivity index (χ3n) is 3.51. The molecule has 2 aromatic heterocycles. The maximum absolute atomic E-state index is 10.9. The van der Waals surface area contributed by atoms with Crippen LogP contribution in [0.5, 0.6) is 0 Å². The highest BCUT2D eigenvalue weighted by Crippen LogP contribution is 2.35. The molecular weight excluding hydrogens is 342 g/mol. The van der Waals surface area contributed by atoms with Crippen molar-refractivity contribution in [3.63, 3.8) is 0 Å². The summed E-state index contributed by atoms with van der Waals surface area (Å²) in [6.07, 6.45) is 1.94. The van der Waals surface area contributed by atoms with Crippen molar-refractivity contribution in [3.8, 4) is 0 Å². The SMILES string of the molecule is Cc1nnc2n1N=C(c1ccc([N+](=O)[O-])o1)/C(=C/c1ccccc1)S2. The van der Waals surface area contributed by atoms with Gasteiger partial charge in [-0.1, -0.05) is 30.3 Å². The van der Waals surface area contributed by atoms with E-state index in [0.29, 0.717) is 22.5 Å². The van der Waals surface area contributed by atoms with Crippen LogP contribution in [0.1, 0.15) is 17.1 Å². The zero-order valence-corrected chi connectivity index (χ0v) is 13.8. The summed E-state index contributed by atoms with van der Waals surface area (Å²) < 4.78 is 6.94. The van der Waals surface area contributed by atoms with Crippen LogP contribution in [0.2, 0.25) is 0 Å². The smallest absolute Gasteiger partial charge is 0.399 e. The maximum atomic E-state index is 10.9. The lowest BCUT2D eigenvalue weighted by atomic mass is 10.1. The summed E-state index contributed by atoms with van der Waals surface area (Å²) >= 11 is 1.38. The molecule has 0 unspecified atom stereocenters. The predicted octanol–water partition coefficient (Wildman–Crippen LogP) is 3.49. The van der Waals surface area contributed by atoms with Gasteiger partial charge in [-0.15, -0.1) is 10.2 Å². The first-order valence-corrected chi connectivity index (χ1v) is 8.14. The van der Waals surface area contributed by atoms with Gasteiger partial charge in [0.1, 0.15) is 10.6 Å². The first-order chi connectivity index (χ1) is 12.1. The van der Waals surface area contributed by atoms with Crippen LogP contribution in [0.25, 0.3) is 6.08 Å². The first kappa shape index (κ1) is 15.3. The van der Waals surface area contributed by atoms with E-state index >= 15 is 0 Å². The van der Waals surface area contributed by atoms with E-state index in [9.17, 15) is 10.1 Å². The monoisotopic (exact) mass is 353 g/mol. The Labute approximate surface area is 146 Å². The van der Waals surface area contributed by atoms with Crippen molar-refractivity contribution in [1.29, 1.82) is 0 Å². The molecule has 0 saturated heterocycles. The van der Waals surface area contributed by atoms with E-state index in [1.165, 1.54) is 17.8 Å². The molecule has 0 aliphatic carbocycles. The fraction of sp³-hybridized carbons (Fsp3) is 0.0625. The molecule has 9 heteroatoms. The van der Waals surface area contributed by atoms with Crippen LogP contribution in [0, 0.1) is 17.0 Å². The second-order valence-electron chi connectivity index (χ2n) is 5.21. The second-order valence-corrected chi connectivity index (χ2v) is 6.22. The quantitative estimate of drug-likeness (QED) is 0.528. The molecule has 4 rings (SSSR count). The zero-order valence-electron chi connectivity index (χ0n) is 13.0. The highest BCUT2D eigenvalue weighted by Gasteiger charge is 2.26. The molecule has 1 aliphatic rings. The van der Waals surface area contributed by atoms with E-state index in [0.717, 1.165) is 10.5 Å². The molecule has 8 nitrogen and oxygen atoms in total. The number of aryl methyl sites for hydroxylation is 1. The molecule has 0 bridgehead atoms. The number of aromatic nitrogens is 3. The van der Waals surface area contributed by atoms with Crippen LogP contribution in [0.4, 0.5) is 5.88 Å². The lowest BCUT2D eigenvalue weighted by Gasteiger charge is -2.14. The molecular formula is C16H11N5O3S. The van der Waals surface area contributed by atoms with E-state index in [-0.39, 0.29) is 5.88 Å². The molecule has 0 amide bonds. The normalized spacial score (nSPS) is 15.1. The molecule has 0 atom stereocenters. The van der Waals surface area contributed by atoms with Gasteiger partial charge in [-0.2, -0.15) is 9.78 Å². The van der Waals surface area contributed by atoms with Gasteiger partial charge in [-0.25, -0.2) is 0 Å². The summed E-state index contributed by atoms with van der Waals surface area (Å²) in [5.41, 5.74) is 1.47. The standard InChI is InChI=1S/C16H11N5O3S/c1-10-17-18-16-20(10)19-15(12-7-8-14(24-12)21(22)23)13(25-16)9-11-5-3-2-4-6-11/h2-9H,1H3/b13-9-. The van der Waals surface area contributed by atoms with Crippen LogP contribution >= 0.6 is 11.8 Å². The Kier molecular flexibility index (Phi) is 3.69. The Morgan fingerprint density at radius 2 is 2.00 bits per heavy atom. The zero-order chi connectivity index (χ0) is 17.4. The Balaban J connectivity index is 1.85. The van der Waals surface area contributed by atoms with Crippen LogP contribution in [0.3, 0.4) is 0 Å². The van der Waals surface area contributed by atoms with E-state index in [2.05, 4.69) is 15.3 Å². The van der Waals surface area contributed by atoms with Gasteiger partial charge in [-0.05, 0) is 36.4 Å². The van der Waals surface area contributed by atoms with Crippen molar-refractivity contribution >= 4 is 29.4 Å². The third kappa shape index (κ3) is 2.85. The average molecular weight is 353 g/mol. The molecule has 3 aromatic rings. The third-order valence-corrected chi connectivity index (χ3v) is 4.47. The second kappa shape index (κ2) is 6.02. The van der Waals surface area contributed by atoms with E-state index in [4.69, 9.17) is 4.42 Å². The largest absolute Gasteiger partial charge is 0.433 e. The number of hydrogen-bond acceptors (Lipinski definition) is 7. The average Bonchev–Trinajstić information content (AvgIpc) is 3.23. The van der Waals surface area contributed by atoms with Gasteiger partial charge in [0.15, 0.2) is 11.6 Å². The Morgan fingerprint density at radius 1 is 1.20 bits per heavy atom. The van der Waals surface area contributed by atoms with Crippen molar-refractivity contribution in [2.75, 3.05) is 0 Å². The van der Waals surface area contributed by atoms with Crippen LogP contribution in [0.15, 0.2) is 62.0 Å².